The number of nitrogens with one attached hydrogen (secondary N) is 1. The van der Waals surface area contributed by atoms with Gasteiger partial charge in [0.25, 0.3) is 0 Å². The lowest BCUT2D eigenvalue weighted by atomic mass is 10.1. The van der Waals surface area contributed by atoms with Gasteiger partial charge in [-0.1, -0.05) is 5.92 Å². The topological polar surface area (TPSA) is 29.1 Å². The molecule has 2 nitrogen and oxygen atoms in total. The second kappa shape index (κ2) is 2.69. The van der Waals surface area contributed by atoms with Crippen LogP contribution in [0.15, 0.2) is 0 Å². The first-order valence-electron chi connectivity index (χ1n) is 4.72. The maximum Gasteiger partial charge on any atom is 0.403 e. The third-order valence-corrected chi connectivity index (χ3v) is 3.11. The van der Waals surface area contributed by atoms with E-state index in [0.717, 1.165) is 0 Å². The summed E-state index contributed by atoms with van der Waals surface area (Å²) in [5, 5.41) is 2.33. The maximum atomic E-state index is 12.5. The zero-order valence-electron chi connectivity index (χ0n) is 7.95. The third kappa shape index (κ3) is 1.48. The lowest BCUT2D eigenvalue weighted by Gasteiger charge is -2.20. The molecule has 2 aliphatic rings. The number of carbonyl (C=O) groups excluding carboxylic acids is 1. The van der Waals surface area contributed by atoms with Gasteiger partial charge in [-0.2, -0.15) is 13.2 Å². The van der Waals surface area contributed by atoms with Crippen molar-refractivity contribution in [3.63, 3.8) is 0 Å². The lowest BCUT2D eigenvalue weighted by molar-refractivity contribution is -0.192. The molecule has 82 valence electrons. The molecule has 0 bridgehead atoms. The summed E-state index contributed by atoms with van der Waals surface area (Å²) in [6, 6.07) is 0. The Hall–Kier alpha value is -1.18. The zero-order valence-corrected chi connectivity index (χ0v) is 7.95. The molecule has 0 spiro atoms. The van der Waals surface area contributed by atoms with Gasteiger partial charge in [-0.3, -0.25) is 4.79 Å². The van der Waals surface area contributed by atoms with Crippen molar-refractivity contribution in [1.82, 2.24) is 5.32 Å². The predicted octanol–water partition coefficient (Wildman–Crippen LogP) is 1.61. The van der Waals surface area contributed by atoms with Gasteiger partial charge in [-0.05, 0) is 25.7 Å². The molecule has 0 aromatic carbocycles. The van der Waals surface area contributed by atoms with Crippen molar-refractivity contribution in [3.05, 3.63) is 0 Å². The van der Waals surface area contributed by atoms with Gasteiger partial charge in [0.15, 0.2) is 0 Å². The Balaban J connectivity index is 2.07. The van der Waals surface area contributed by atoms with E-state index in [0.29, 0.717) is 12.8 Å². The van der Waals surface area contributed by atoms with Gasteiger partial charge < -0.3 is 5.32 Å². The molecule has 2 fully saturated rings. The minimum Gasteiger partial charge on any atom is -0.339 e. The molecular formula is C10H10F3NO. The Morgan fingerprint density at radius 1 is 1.27 bits per heavy atom. The SMILES string of the molecule is C#CC1(NC(=O)C2(C(F)(F)F)CC2)CC1. The predicted molar refractivity (Wildman–Crippen MR) is 46.7 cm³/mol. The molecule has 2 aliphatic carbocycles. The third-order valence-electron chi connectivity index (χ3n) is 3.11. The van der Waals surface area contributed by atoms with Crippen molar-refractivity contribution in [1.29, 1.82) is 0 Å². The van der Waals surface area contributed by atoms with E-state index in [1.807, 2.05) is 0 Å². The first kappa shape index (κ1) is 10.3. The Morgan fingerprint density at radius 2 is 1.80 bits per heavy atom. The van der Waals surface area contributed by atoms with Gasteiger partial charge in [0.2, 0.25) is 5.91 Å². The fourth-order valence-corrected chi connectivity index (χ4v) is 1.53. The fourth-order valence-electron chi connectivity index (χ4n) is 1.53. The van der Waals surface area contributed by atoms with E-state index < -0.39 is 23.0 Å². The number of hydrogen-bond acceptors (Lipinski definition) is 1. The number of terminal acetylenes is 1. The average Bonchev–Trinajstić information content (AvgIpc) is 2.98. The summed E-state index contributed by atoms with van der Waals surface area (Å²) in [6.07, 6.45) is 1.59. The van der Waals surface area contributed by atoms with Crippen LogP contribution in [0.4, 0.5) is 13.2 Å². The molecule has 2 rings (SSSR count). The smallest absolute Gasteiger partial charge is 0.339 e. The molecule has 0 saturated heterocycles. The second-order valence-corrected chi connectivity index (χ2v) is 4.26. The second-order valence-electron chi connectivity index (χ2n) is 4.26. The Morgan fingerprint density at radius 3 is 2.07 bits per heavy atom. The molecule has 1 amide bonds. The molecule has 2 saturated carbocycles. The van der Waals surface area contributed by atoms with Crippen LogP contribution in [0.25, 0.3) is 0 Å². The highest BCUT2D eigenvalue weighted by Gasteiger charge is 2.69. The normalized spacial score (nSPS) is 25.2. The largest absolute Gasteiger partial charge is 0.403 e. The molecule has 0 heterocycles. The molecule has 0 aromatic heterocycles. The van der Waals surface area contributed by atoms with Gasteiger partial charge in [0.1, 0.15) is 11.0 Å². The fraction of sp³-hybridized carbons (Fsp3) is 0.700. The summed E-state index contributed by atoms with van der Waals surface area (Å²) >= 11 is 0. The number of halogens is 3. The standard InChI is InChI=1S/C10H10F3NO/c1-2-8(3-4-8)14-7(15)9(5-6-9)10(11,12)13/h1H,3-6H2,(H,14,15). The average molecular weight is 217 g/mol. The first-order valence-corrected chi connectivity index (χ1v) is 4.72. The summed E-state index contributed by atoms with van der Waals surface area (Å²) in [4.78, 5) is 11.5. The summed E-state index contributed by atoms with van der Waals surface area (Å²) in [5.41, 5.74) is -2.95. The van der Waals surface area contributed by atoms with Crippen LogP contribution in [-0.4, -0.2) is 17.6 Å². The van der Waals surface area contributed by atoms with Crippen molar-refractivity contribution in [2.45, 2.75) is 37.4 Å². The van der Waals surface area contributed by atoms with Crippen LogP contribution < -0.4 is 5.32 Å². The number of hydrogen-bond donors (Lipinski definition) is 1. The molecular weight excluding hydrogens is 207 g/mol. The number of alkyl halides is 3. The molecule has 1 N–H and O–H groups in total. The van der Waals surface area contributed by atoms with Crippen molar-refractivity contribution in [3.8, 4) is 12.3 Å². The lowest BCUT2D eigenvalue weighted by Crippen LogP contribution is -2.46. The molecule has 5 heteroatoms. The van der Waals surface area contributed by atoms with E-state index in [1.165, 1.54) is 0 Å². The zero-order chi connectivity index (χ0) is 11.3. The van der Waals surface area contributed by atoms with Crippen molar-refractivity contribution >= 4 is 5.91 Å². The summed E-state index contributed by atoms with van der Waals surface area (Å²) < 4.78 is 37.6. The van der Waals surface area contributed by atoms with Crippen LogP contribution in [0.1, 0.15) is 25.7 Å². The monoisotopic (exact) mass is 217 g/mol. The van der Waals surface area contributed by atoms with Gasteiger partial charge in [-0.15, -0.1) is 6.42 Å². The van der Waals surface area contributed by atoms with E-state index in [-0.39, 0.29) is 12.8 Å². The quantitative estimate of drug-likeness (QED) is 0.699. The molecule has 0 radical (unpaired) electrons. The van der Waals surface area contributed by atoms with E-state index in [4.69, 9.17) is 6.42 Å². The van der Waals surface area contributed by atoms with Crippen molar-refractivity contribution < 1.29 is 18.0 Å². The minimum absolute atomic E-state index is 0.122. The Bertz CT molecular complexity index is 345. The Labute approximate surface area is 85.2 Å². The van der Waals surface area contributed by atoms with E-state index in [9.17, 15) is 18.0 Å². The molecule has 0 atom stereocenters. The maximum absolute atomic E-state index is 12.5. The highest BCUT2D eigenvalue weighted by molar-refractivity contribution is 5.87. The van der Waals surface area contributed by atoms with Crippen LogP contribution in [-0.2, 0) is 4.79 Å². The van der Waals surface area contributed by atoms with Gasteiger partial charge in [0.05, 0.1) is 0 Å². The molecule has 0 aliphatic heterocycles. The van der Waals surface area contributed by atoms with E-state index >= 15 is 0 Å². The number of amides is 1. The van der Waals surface area contributed by atoms with Gasteiger partial charge in [0, 0.05) is 0 Å². The van der Waals surface area contributed by atoms with E-state index in [2.05, 4.69) is 11.2 Å². The molecule has 0 aromatic rings. The minimum atomic E-state index is -4.46. The number of carbonyl (C=O) groups is 1. The summed E-state index contributed by atoms with van der Waals surface area (Å²) in [6.45, 7) is 0. The molecule has 15 heavy (non-hydrogen) atoms. The summed E-state index contributed by atoms with van der Waals surface area (Å²) in [7, 11) is 0. The van der Waals surface area contributed by atoms with Gasteiger partial charge in [-0.25, -0.2) is 0 Å². The van der Waals surface area contributed by atoms with Crippen molar-refractivity contribution in [2.75, 3.05) is 0 Å². The van der Waals surface area contributed by atoms with Crippen LogP contribution in [0.2, 0.25) is 0 Å². The highest BCUT2D eigenvalue weighted by atomic mass is 19.4. The number of rotatable bonds is 2. The van der Waals surface area contributed by atoms with Crippen LogP contribution in [0.5, 0.6) is 0 Å². The summed E-state index contributed by atoms with van der Waals surface area (Å²) in [5.74, 6) is 1.38. The van der Waals surface area contributed by atoms with Crippen LogP contribution >= 0.6 is 0 Å². The van der Waals surface area contributed by atoms with E-state index in [1.54, 1.807) is 0 Å². The molecule has 0 unspecified atom stereocenters. The highest BCUT2D eigenvalue weighted by Crippen LogP contribution is 2.58. The Kier molecular flexibility index (Phi) is 1.85. The van der Waals surface area contributed by atoms with Crippen LogP contribution in [0.3, 0.4) is 0 Å². The van der Waals surface area contributed by atoms with Crippen molar-refractivity contribution in [2.24, 2.45) is 5.41 Å². The first-order chi connectivity index (χ1) is 6.85. The van der Waals surface area contributed by atoms with Gasteiger partial charge >= 0.3 is 6.18 Å². The van der Waals surface area contributed by atoms with Crippen LogP contribution in [0, 0.1) is 17.8 Å².